The fourth-order valence-electron chi connectivity index (χ4n) is 1.40. The van der Waals surface area contributed by atoms with E-state index in [2.05, 4.69) is 0 Å². The smallest absolute Gasteiger partial charge is 0.335 e. The van der Waals surface area contributed by atoms with Crippen LogP contribution in [-0.4, -0.2) is 44.4 Å². The molecule has 0 amide bonds. The predicted octanol–water partition coefficient (Wildman–Crippen LogP) is 0.535. The third-order valence-corrected chi connectivity index (χ3v) is 2.40. The van der Waals surface area contributed by atoms with E-state index in [1.807, 2.05) is 0 Å². The Morgan fingerprint density at radius 1 is 1.15 bits per heavy atom. The average Bonchev–Trinajstić information content (AvgIpc) is 2.35. The second-order valence-electron chi connectivity index (χ2n) is 3.88. The standard InChI is InChI=1S/C12H12O8/c13-8-2-1-6(11(16)17)3-7(8)5-20-9(12(18)19)4-10(14)15/h1-3,9,13H,4-5H2,(H,14,15)(H,16,17)(H,18,19)/t9-/m0/s1. The Bertz CT molecular complexity index is 536. The van der Waals surface area contributed by atoms with Gasteiger partial charge in [0.1, 0.15) is 5.75 Å². The number of hydrogen-bond acceptors (Lipinski definition) is 5. The first-order chi connectivity index (χ1) is 9.31. The number of ether oxygens (including phenoxy) is 1. The van der Waals surface area contributed by atoms with Crippen molar-refractivity contribution in [3.63, 3.8) is 0 Å². The van der Waals surface area contributed by atoms with Crippen LogP contribution in [0.15, 0.2) is 18.2 Å². The number of carbonyl (C=O) groups is 3. The zero-order valence-electron chi connectivity index (χ0n) is 10.1. The number of carboxylic acid groups (broad SMARTS) is 3. The van der Waals surface area contributed by atoms with E-state index in [0.717, 1.165) is 12.1 Å². The molecule has 1 rings (SSSR count). The molecule has 0 aliphatic rings. The lowest BCUT2D eigenvalue weighted by Gasteiger charge is -2.12. The summed E-state index contributed by atoms with van der Waals surface area (Å²) in [6, 6.07) is 3.43. The van der Waals surface area contributed by atoms with Crippen LogP contribution >= 0.6 is 0 Å². The van der Waals surface area contributed by atoms with E-state index in [9.17, 15) is 19.5 Å². The number of benzene rings is 1. The lowest BCUT2D eigenvalue weighted by atomic mass is 10.1. The zero-order chi connectivity index (χ0) is 15.3. The summed E-state index contributed by atoms with van der Waals surface area (Å²) < 4.78 is 4.88. The van der Waals surface area contributed by atoms with E-state index in [-0.39, 0.29) is 16.9 Å². The highest BCUT2D eigenvalue weighted by molar-refractivity contribution is 5.88. The summed E-state index contributed by atoms with van der Waals surface area (Å²) in [4.78, 5) is 32.0. The van der Waals surface area contributed by atoms with Gasteiger partial charge in [-0.2, -0.15) is 0 Å². The molecular formula is C12H12O8. The van der Waals surface area contributed by atoms with Crippen LogP contribution in [0, 0.1) is 0 Å². The first kappa shape index (κ1) is 15.4. The van der Waals surface area contributed by atoms with Crippen molar-refractivity contribution in [1.82, 2.24) is 0 Å². The Labute approximate surface area is 112 Å². The lowest BCUT2D eigenvalue weighted by Crippen LogP contribution is -2.26. The topological polar surface area (TPSA) is 141 Å². The molecule has 0 aliphatic heterocycles. The van der Waals surface area contributed by atoms with E-state index >= 15 is 0 Å². The van der Waals surface area contributed by atoms with Crippen molar-refractivity contribution in [3.8, 4) is 5.75 Å². The molecule has 0 saturated heterocycles. The van der Waals surface area contributed by atoms with Gasteiger partial charge in [-0.1, -0.05) is 0 Å². The summed E-state index contributed by atoms with van der Waals surface area (Å²) in [5.41, 5.74) is -0.0481. The first-order valence-electron chi connectivity index (χ1n) is 5.42. The molecule has 0 radical (unpaired) electrons. The van der Waals surface area contributed by atoms with Gasteiger partial charge in [-0.25, -0.2) is 9.59 Å². The molecule has 0 bridgehead atoms. The van der Waals surface area contributed by atoms with Crippen LogP contribution in [0.25, 0.3) is 0 Å². The molecule has 1 atom stereocenters. The molecule has 0 fully saturated rings. The molecule has 4 N–H and O–H groups in total. The van der Waals surface area contributed by atoms with Crippen LogP contribution in [0.5, 0.6) is 5.75 Å². The first-order valence-corrected chi connectivity index (χ1v) is 5.42. The highest BCUT2D eigenvalue weighted by Gasteiger charge is 2.22. The molecule has 0 spiro atoms. The summed E-state index contributed by atoms with van der Waals surface area (Å²) in [6.07, 6.45) is -2.32. The van der Waals surface area contributed by atoms with Crippen molar-refractivity contribution in [2.45, 2.75) is 19.1 Å². The Kier molecular flexibility index (Phi) is 5.04. The van der Waals surface area contributed by atoms with E-state index in [4.69, 9.17) is 20.1 Å². The molecule has 0 unspecified atom stereocenters. The number of carboxylic acids is 3. The van der Waals surface area contributed by atoms with Gasteiger partial charge in [-0.05, 0) is 18.2 Å². The maximum atomic E-state index is 10.8. The summed E-state index contributed by atoms with van der Waals surface area (Å²) in [5.74, 6) is -4.29. The number of aliphatic carboxylic acids is 2. The molecule has 20 heavy (non-hydrogen) atoms. The maximum Gasteiger partial charge on any atom is 0.335 e. The summed E-state index contributed by atoms with van der Waals surface area (Å²) in [7, 11) is 0. The van der Waals surface area contributed by atoms with Crippen LogP contribution in [0.2, 0.25) is 0 Å². The minimum Gasteiger partial charge on any atom is -0.508 e. The van der Waals surface area contributed by atoms with Crippen LogP contribution in [0.3, 0.4) is 0 Å². The van der Waals surface area contributed by atoms with E-state index < -0.39 is 37.0 Å². The quantitative estimate of drug-likeness (QED) is 0.568. The third-order valence-electron chi connectivity index (χ3n) is 2.40. The van der Waals surface area contributed by atoms with Crippen molar-refractivity contribution >= 4 is 17.9 Å². The molecule has 108 valence electrons. The molecule has 0 aliphatic carbocycles. The molecule has 8 nitrogen and oxygen atoms in total. The average molecular weight is 284 g/mol. The second kappa shape index (κ2) is 6.53. The largest absolute Gasteiger partial charge is 0.508 e. The maximum absolute atomic E-state index is 10.8. The molecule has 0 heterocycles. The molecule has 0 saturated carbocycles. The van der Waals surface area contributed by atoms with Gasteiger partial charge in [-0.15, -0.1) is 0 Å². The highest BCUT2D eigenvalue weighted by Crippen LogP contribution is 2.20. The van der Waals surface area contributed by atoms with Crippen LogP contribution < -0.4 is 0 Å². The Morgan fingerprint density at radius 2 is 1.80 bits per heavy atom. The highest BCUT2D eigenvalue weighted by atomic mass is 16.5. The molecule has 1 aromatic rings. The Hall–Kier alpha value is -2.61. The Balaban J connectivity index is 2.81. The molecular weight excluding hydrogens is 272 g/mol. The molecule has 0 aromatic heterocycles. The van der Waals surface area contributed by atoms with Crippen molar-refractivity contribution in [2.75, 3.05) is 0 Å². The SMILES string of the molecule is O=C(O)C[C@H](OCc1cc(C(=O)O)ccc1O)C(=O)O. The van der Waals surface area contributed by atoms with Crippen molar-refractivity contribution < 1.29 is 39.5 Å². The number of aromatic hydroxyl groups is 1. The van der Waals surface area contributed by atoms with Crippen LogP contribution in [-0.2, 0) is 20.9 Å². The van der Waals surface area contributed by atoms with Gasteiger partial charge in [0.25, 0.3) is 0 Å². The summed E-state index contributed by atoms with van der Waals surface area (Å²) >= 11 is 0. The fraction of sp³-hybridized carbons (Fsp3) is 0.250. The summed E-state index contributed by atoms with van der Waals surface area (Å²) in [5, 5.41) is 35.6. The van der Waals surface area contributed by atoms with E-state index in [1.54, 1.807) is 0 Å². The number of rotatable bonds is 7. The third kappa shape index (κ3) is 4.25. The fourth-order valence-corrected chi connectivity index (χ4v) is 1.40. The monoisotopic (exact) mass is 284 g/mol. The van der Waals surface area contributed by atoms with Gasteiger partial charge < -0.3 is 25.2 Å². The van der Waals surface area contributed by atoms with Gasteiger partial charge in [0.05, 0.1) is 18.6 Å². The van der Waals surface area contributed by atoms with Gasteiger partial charge in [0.2, 0.25) is 0 Å². The van der Waals surface area contributed by atoms with Crippen molar-refractivity contribution in [1.29, 1.82) is 0 Å². The molecule has 1 aromatic carbocycles. The van der Waals surface area contributed by atoms with Crippen LogP contribution in [0.4, 0.5) is 0 Å². The normalized spacial score (nSPS) is 11.8. The number of hydrogen-bond donors (Lipinski definition) is 4. The number of phenols is 1. The van der Waals surface area contributed by atoms with Crippen LogP contribution in [0.1, 0.15) is 22.3 Å². The van der Waals surface area contributed by atoms with Gasteiger partial charge >= 0.3 is 17.9 Å². The van der Waals surface area contributed by atoms with Crippen molar-refractivity contribution in [3.05, 3.63) is 29.3 Å². The Morgan fingerprint density at radius 3 is 2.30 bits per heavy atom. The minimum atomic E-state index is -1.58. The van der Waals surface area contributed by atoms with Crippen molar-refractivity contribution in [2.24, 2.45) is 0 Å². The van der Waals surface area contributed by atoms with E-state index in [1.165, 1.54) is 6.07 Å². The number of phenolic OH excluding ortho intramolecular Hbond substituents is 1. The van der Waals surface area contributed by atoms with Gasteiger partial charge in [0.15, 0.2) is 6.10 Å². The predicted molar refractivity (Wildman–Crippen MR) is 63.5 cm³/mol. The zero-order valence-corrected chi connectivity index (χ0v) is 10.1. The summed E-state index contributed by atoms with van der Waals surface area (Å²) in [6.45, 7) is -0.419. The minimum absolute atomic E-state index is 0.0570. The second-order valence-corrected chi connectivity index (χ2v) is 3.88. The lowest BCUT2D eigenvalue weighted by molar-refractivity contribution is -0.157. The molecule has 8 heteroatoms. The number of aromatic carboxylic acids is 1. The van der Waals surface area contributed by atoms with E-state index in [0.29, 0.717) is 0 Å². The van der Waals surface area contributed by atoms with Gasteiger partial charge in [-0.3, -0.25) is 4.79 Å². The van der Waals surface area contributed by atoms with Gasteiger partial charge in [0, 0.05) is 5.56 Å².